The van der Waals surface area contributed by atoms with E-state index in [0.29, 0.717) is 66.9 Å². The maximum absolute atomic E-state index is 11.7. The van der Waals surface area contributed by atoms with E-state index in [0.717, 1.165) is 21.9 Å². The van der Waals surface area contributed by atoms with E-state index in [-0.39, 0.29) is 22.1 Å². The Morgan fingerprint density at radius 3 is 0.711 bits per heavy atom. The van der Waals surface area contributed by atoms with Crippen molar-refractivity contribution < 1.29 is 17.7 Å². The van der Waals surface area contributed by atoms with Crippen LogP contribution in [0.15, 0.2) is 134 Å². The first-order chi connectivity index (χ1) is 36.5. The Kier molecular flexibility index (Phi) is 34.9. The molecule has 0 fully saturated rings. The van der Waals surface area contributed by atoms with Gasteiger partial charge >= 0.3 is 11.3 Å². The molecule has 0 saturated heterocycles. The van der Waals surface area contributed by atoms with Crippen molar-refractivity contribution in [2.24, 2.45) is 0 Å². The Labute approximate surface area is 456 Å². The quantitative estimate of drug-likeness (QED) is 0.0876. The number of hydrogen-bond acceptors (Lipinski definition) is 8. The second kappa shape index (κ2) is 39.2. The Hall–Kier alpha value is -6.28. The number of benzene rings is 4. The lowest BCUT2D eigenvalue weighted by Crippen LogP contribution is -2.06. The molecule has 8 rings (SSSR count). The van der Waals surface area contributed by atoms with Crippen LogP contribution in [0.1, 0.15) is 203 Å². The third kappa shape index (κ3) is 23.3. The number of aryl methyl sites for hydroxylation is 4. The topological polar surface area (TPSA) is 121 Å². The van der Waals surface area contributed by atoms with Gasteiger partial charge in [-0.3, -0.25) is 9.59 Å². The van der Waals surface area contributed by atoms with Gasteiger partial charge in [0.1, 0.15) is 33.9 Å². The fourth-order valence-corrected chi connectivity index (χ4v) is 7.49. The highest BCUT2D eigenvalue weighted by atomic mass is 16.4. The van der Waals surface area contributed by atoms with E-state index in [1.165, 1.54) is 103 Å². The van der Waals surface area contributed by atoms with Crippen molar-refractivity contribution in [3.05, 3.63) is 183 Å². The largest absolute Gasteiger partial charge is 0.461 e. The summed E-state index contributed by atoms with van der Waals surface area (Å²) in [5.41, 5.74) is 7.09. The predicted octanol–water partition coefficient (Wildman–Crippen LogP) is 20.0. The van der Waals surface area contributed by atoms with E-state index in [4.69, 9.17) is 17.7 Å². The van der Waals surface area contributed by atoms with Crippen LogP contribution < -0.4 is 22.1 Å². The standard InChI is InChI=1S/4C11H10O2.4C6H14/c2*1-7-8(2)13-10-6-4-3-5-9(10)11(7)12;2*1-7-8(2)11(12)13-10-6-4-3-5-9(7)10;4*1-3-5-6-4-2/h4*3-6H,1-2H3;4*3-6H2,1-2H3. The van der Waals surface area contributed by atoms with Gasteiger partial charge in [0.2, 0.25) is 0 Å². The molecule has 0 amide bonds. The van der Waals surface area contributed by atoms with Gasteiger partial charge < -0.3 is 17.7 Å². The molecule has 0 aliphatic carbocycles. The van der Waals surface area contributed by atoms with Crippen LogP contribution in [0.25, 0.3) is 43.9 Å². The second-order valence-corrected chi connectivity index (χ2v) is 19.3. The van der Waals surface area contributed by atoms with Crippen molar-refractivity contribution >= 4 is 43.9 Å². The summed E-state index contributed by atoms with van der Waals surface area (Å²) in [5, 5.41) is 3.34. The second-order valence-electron chi connectivity index (χ2n) is 19.3. The van der Waals surface area contributed by atoms with Crippen molar-refractivity contribution in [3.63, 3.8) is 0 Å². The number of hydrogen-bond donors (Lipinski definition) is 0. The summed E-state index contributed by atoms with van der Waals surface area (Å²) < 4.78 is 21.2. The molecule has 0 atom stereocenters. The van der Waals surface area contributed by atoms with E-state index >= 15 is 0 Å². The minimum atomic E-state index is -0.240. The summed E-state index contributed by atoms with van der Waals surface area (Å²) in [6.45, 7) is 32.5. The average Bonchev–Trinajstić information content (AvgIpc) is 3.43. The van der Waals surface area contributed by atoms with Gasteiger partial charge in [-0.1, -0.05) is 219 Å². The van der Waals surface area contributed by atoms with E-state index in [1.54, 1.807) is 39.8 Å². The molecule has 0 radical (unpaired) electrons. The van der Waals surface area contributed by atoms with Crippen LogP contribution in [-0.2, 0) is 0 Å². The molecule has 8 aromatic rings. The number of para-hydroxylation sites is 4. The molecule has 416 valence electrons. The van der Waals surface area contributed by atoms with Crippen molar-refractivity contribution in [2.45, 2.75) is 214 Å². The lowest BCUT2D eigenvalue weighted by molar-refractivity contribution is 0.553. The molecule has 0 saturated carbocycles. The number of rotatable bonds is 12. The van der Waals surface area contributed by atoms with Gasteiger partial charge in [0.05, 0.1) is 10.8 Å². The first kappa shape index (κ1) is 67.7. The van der Waals surface area contributed by atoms with Crippen LogP contribution in [0.2, 0.25) is 0 Å². The molecule has 0 unspecified atom stereocenters. The highest BCUT2D eigenvalue weighted by Crippen LogP contribution is 2.19. The first-order valence-electron chi connectivity index (χ1n) is 28.4. The van der Waals surface area contributed by atoms with E-state index in [9.17, 15) is 19.2 Å². The van der Waals surface area contributed by atoms with E-state index in [2.05, 4.69) is 55.4 Å². The van der Waals surface area contributed by atoms with Gasteiger partial charge in [0, 0.05) is 33.0 Å². The monoisotopic (exact) mass is 1040 g/mol. The minimum absolute atomic E-state index is 0.0688. The molecule has 8 heteroatoms. The van der Waals surface area contributed by atoms with Gasteiger partial charge in [-0.2, -0.15) is 0 Å². The van der Waals surface area contributed by atoms with Crippen LogP contribution in [0, 0.1) is 55.4 Å². The molecular formula is C68H96O8. The van der Waals surface area contributed by atoms with Crippen LogP contribution in [0.4, 0.5) is 0 Å². The molecular weight excluding hydrogens is 945 g/mol. The fourth-order valence-electron chi connectivity index (χ4n) is 7.49. The summed E-state index contributed by atoms with van der Waals surface area (Å²) in [4.78, 5) is 46.0. The van der Waals surface area contributed by atoms with Gasteiger partial charge in [-0.15, -0.1) is 0 Å². The maximum atomic E-state index is 11.7. The zero-order chi connectivity index (χ0) is 57.0. The van der Waals surface area contributed by atoms with Gasteiger partial charge in [-0.25, -0.2) is 9.59 Å². The van der Waals surface area contributed by atoms with Crippen molar-refractivity contribution in [1.29, 1.82) is 0 Å². The van der Waals surface area contributed by atoms with Gasteiger partial charge in [-0.05, 0) is 103 Å². The average molecular weight is 1040 g/mol. The molecule has 0 N–H and O–H groups in total. The van der Waals surface area contributed by atoms with Crippen molar-refractivity contribution in [3.8, 4) is 0 Å². The van der Waals surface area contributed by atoms with E-state index < -0.39 is 0 Å². The Balaban J connectivity index is 0.000000446. The minimum Gasteiger partial charge on any atom is -0.461 e. The Bertz CT molecular complexity index is 2860. The first-order valence-corrected chi connectivity index (χ1v) is 28.4. The summed E-state index contributed by atoms with van der Waals surface area (Å²) in [5.74, 6) is 1.40. The van der Waals surface area contributed by atoms with Gasteiger partial charge in [0.25, 0.3) is 0 Å². The third-order valence-corrected chi connectivity index (χ3v) is 13.1. The van der Waals surface area contributed by atoms with Crippen molar-refractivity contribution in [2.75, 3.05) is 0 Å². The number of unbranched alkanes of at least 4 members (excludes halogenated alkanes) is 12. The third-order valence-electron chi connectivity index (χ3n) is 13.1. The fraction of sp³-hybridized carbons (Fsp3) is 0.471. The SMILES string of the molecule is CCCCCC.CCCCCC.CCCCCC.CCCCCC.Cc1c(C)c2ccccc2oc1=O.Cc1c(C)c2ccccc2oc1=O.Cc1oc2ccccc2c(=O)c1C.Cc1oc2ccccc2c(=O)c1C. The Morgan fingerprint density at radius 2 is 0.474 bits per heavy atom. The summed E-state index contributed by atoms with van der Waals surface area (Å²) in [7, 11) is 0. The molecule has 76 heavy (non-hydrogen) atoms. The maximum Gasteiger partial charge on any atom is 0.339 e. The molecule has 4 heterocycles. The normalized spacial score (nSPS) is 10.1. The smallest absolute Gasteiger partial charge is 0.339 e. The molecule has 0 bridgehead atoms. The van der Waals surface area contributed by atoms with Crippen LogP contribution >= 0.6 is 0 Å². The van der Waals surface area contributed by atoms with Crippen molar-refractivity contribution in [1.82, 2.24) is 0 Å². The summed E-state index contributed by atoms with van der Waals surface area (Å²) in [6, 6.07) is 29.7. The molecule has 0 aliphatic heterocycles. The lowest BCUT2D eigenvalue weighted by atomic mass is 10.1. The van der Waals surface area contributed by atoms with Crippen LogP contribution in [-0.4, -0.2) is 0 Å². The molecule has 0 spiro atoms. The molecule has 4 aromatic heterocycles. The van der Waals surface area contributed by atoms with Gasteiger partial charge in [0.15, 0.2) is 10.9 Å². The van der Waals surface area contributed by atoms with E-state index in [1.807, 2.05) is 113 Å². The summed E-state index contributed by atoms with van der Waals surface area (Å²) >= 11 is 0. The summed E-state index contributed by atoms with van der Waals surface area (Å²) in [6.07, 6.45) is 22.1. The zero-order valence-corrected chi connectivity index (χ0v) is 49.8. The lowest BCUT2D eigenvalue weighted by Gasteiger charge is -2.02. The molecule has 4 aromatic carbocycles. The number of fused-ring (bicyclic) bond motifs is 4. The highest BCUT2D eigenvalue weighted by molar-refractivity contribution is 5.82. The zero-order valence-electron chi connectivity index (χ0n) is 49.8. The molecule has 8 nitrogen and oxygen atoms in total. The predicted molar refractivity (Wildman–Crippen MR) is 327 cm³/mol. The Morgan fingerprint density at radius 1 is 0.263 bits per heavy atom. The highest BCUT2D eigenvalue weighted by Gasteiger charge is 2.08. The van der Waals surface area contributed by atoms with Crippen LogP contribution in [0.3, 0.4) is 0 Å². The molecule has 0 aliphatic rings. The van der Waals surface area contributed by atoms with Crippen LogP contribution in [0.5, 0.6) is 0 Å².